The molecule has 1 aliphatic heterocycles. The van der Waals surface area contributed by atoms with Gasteiger partial charge in [-0.2, -0.15) is 16.9 Å². The van der Waals surface area contributed by atoms with E-state index < -0.39 is 11.9 Å². The lowest BCUT2D eigenvalue weighted by molar-refractivity contribution is 0.0549. The van der Waals surface area contributed by atoms with Gasteiger partial charge < -0.3 is 14.2 Å². The van der Waals surface area contributed by atoms with Crippen molar-refractivity contribution in [2.45, 2.75) is 6.54 Å². The van der Waals surface area contributed by atoms with E-state index in [1.165, 1.54) is 18.9 Å². The molecule has 3 aromatic rings. The second-order valence-electron chi connectivity index (χ2n) is 7.72. The number of carbonyl (C=O) groups excluding carboxylic acids is 2. The number of nitrogens with zero attached hydrogens (tertiary/aromatic N) is 3. The third kappa shape index (κ3) is 4.80. The molecule has 0 spiro atoms. The van der Waals surface area contributed by atoms with Crippen LogP contribution >= 0.6 is 11.8 Å². The summed E-state index contributed by atoms with van der Waals surface area (Å²) in [6.07, 6.45) is 0. The summed E-state index contributed by atoms with van der Waals surface area (Å²) >= 11 is 1.95. The maximum atomic E-state index is 12.9. The summed E-state index contributed by atoms with van der Waals surface area (Å²) in [6, 6.07) is 14.8. The molecule has 1 aromatic heterocycles. The number of esters is 2. The standard InChI is InChI=1S/C25H27N3O5S/c1-31-20-10-9-17(15-18(20)16-27-11-13-34-14-12-27)22-21(24(29)32-2)23(25(30)33-3)28(26-22)19-7-5-4-6-8-19/h4-10,15H,11-14,16H2,1-3H3. The predicted molar refractivity (Wildman–Crippen MR) is 131 cm³/mol. The van der Waals surface area contributed by atoms with E-state index in [-0.39, 0.29) is 11.3 Å². The average Bonchev–Trinajstić information content (AvgIpc) is 3.29. The second-order valence-corrected chi connectivity index (χ2v) is 8.94. The van der Waals surface area contributed by atoms with Crippen molar-refractivity contribution in [3.05, 3.63) is 65.4 Å². The van der Waals surface area contributed by atoms with Crippen molar-refractivity contribution in [3.8, 4) is 22.7 Å². The molecule has 2 heterocycles. The van der Waals surface area contributed by atoms with Crippen LogP contribution in [0.5, 0.6) is 5.75 Å². The zero-order chi connectivity index (χ0) is 24.1. The molecule has 0 bridgehead atoms. The molecule has 0 radical (unpaired) electrons. The molecular weight excluding hydrogens is 454 g/mol. The molecule has 0 aliphatic carbocycles. The molecular formula is C25H27N3O5S. The molecule has 1 aliphatic rings. The number of rotatable bonds is 7. The summed E-state index contributed by atoms with van der Waals surface area (Å²) in [5.41, 5.74) is 2.71. The Balaban J connectivity index is 1.88. The highest BCUT2D eigenvalue weighted by atomic mass is 32.2. The van der Waals surface area contributed by atoms with Crippen molar-refractivity contribution >= 4 is 23.7 Å². The van der Waals surface area contributed by atoms with E-state index in [9.17, 15) is 9.59 Å². The minimum atomic E-state index is -0.678. The number of benzene rings is 2. The Bertz CT molecular complexity index is 1170. The highest BCUT2D eigenvalue weighted by Gasteiger charge is 2.31. The van der Waals surface area contributed by atoms with Gasteiger partial charge in [0, 0.05) is 42.3 Å². The molecule has 9 heteroatoms. The second kappa shape index (κ2) is 10.8. The summed E-state index contributed by atoms with van der Waals surface area (Å²) in [7, 11) is 4.19. The van der Waals surface area contributed by atoms with Crippen LogP contribution in [0.2, 0.25) is 0 Å². The van der Waals surface area contributed by atoms with Crippen LogP contribution in [-0.4, -0.2) is 72.5 Å². The van der Waals surface area contributed by atoms with Crippen LogP contribution in [0.25, 0.3) is 16.9 Å². The molecule has 0 N–H and O–H groups in total. The molecule has 34 heavy (non-hydrogen) atoms. The van der Waals surface area contributed by atoms with Gasteiger partial charge in [0.05, 0.1) is 27.0 Å². The van der Waals surface area contributed by atoms with Crippen molar-refractivity contribution in [2.24, 2.45) is 0 Å². The Morgan fingerprint density at radius 2 is 1.68 bits per heavy atom. The lowest BCUT2D eigenvalue weighted by atomic mass is 10.0. The van der Waals surface area contributed by atoms with Gasteiger partial charge in [-0.05, 0) is 30.3 Å². The topological polar surface area (TPSA) is 82.9 Å². The summed E-state index contributed by atoms with van der Waals surface area (Å²) in [5, 5.41) is 4.69. The van der Waals surface area contributed by atoms with Crippen LogP contribution in [0.15, 0.2) is 48.5 Å². The van der Waals surface area contributed by atoms with Gasteiger partial charge in [-0.25, -0.2) is 14.3 Å². The zero-order valence-corrected chi connectivity index (χ0v) is 20.3. The minimum absolute atomic E-state index is 0.0148. The molecule has 1 fully saturated rings. The lowest BCUT2D eigenvalue weighted by Crippen LogP contribution is -2.32. The first kappa shape index (κ1) is 23.8. The van der Waals surface area contributed by atoms with Crippen molar-refractivity contribution < 1.29 is 23.8 Å². The predicted octanol–water partition coefficient (Wildman–Crippen LogP) is 3.67. The number of carbonyl (C=O) groups is 2. The summed E-state index contributed by atoms with van der Waals surface area (Å²) < 4.78 is 17.1. The van der Waals surface area contributed by atoms with Gasteiger partial charge in [0.15, 0.2) is 5.69 Å². The van der Waals surface area contributed by atoms with Gasteiger partial charge in [-0.1, -0.05) is 18.2 Å². The molecule has 0 amide bonds. The van der Waals surface area contributed by atoms with Gasteiger partial charge in [0.25, 0.3) is 0 Å². The number of aromatic nitrogens is 2. The Hall–Kier alpha value is -3.30. The average molecular weight is 482 g/mol. The van der Waals surface area contributed by atoms with Gasteiger partial charge in [-0.3, -0.25) is 4.90 Å². The van der Waals surface area contributed by atoms with E-state index in [0.29, 0.717) is 23.5 Å². The Morgan fingerprint density at radius 1 is 0.971 bits per heavy atom. The van der Waals surface area contributed by atoms with E-state index in [0.717, 1.165) is 35.9 Å². The van der Waals surface area contributed by atoms with E-state index >= 15 is 0 Å². The maximum Gasteiger partial charge on any atom is 0.357 e. The fourth-order valence-corrected chi connectivity index (χ4v) is 4.99. The smallest absolute Gasteiger partial charge is 0.357 e. The first-order valence-electron chi connectivity index (χ1n) is 10.9. The molecule has 1 saturated heterocycles. The Labute approximate surface area is 202 Å². The number of thioether (sulfide) groups is 1. The molecule has 0 atom stereocenters. The van der Waals surface area contributed by atoms with Crippen LogP contribution in [-0.2, 0) is 16.0 Å². The normalized spacial score (nSPS) is 14.0. The highest BCUT2D eigenvalue weighted by molar-refractivity contribution is 7.99. The largest absolute Gasteiger partial charge is 0.496 e. The fourth-order valence-electron chi connectivity index (χ4n) is 4.01. The molecule has 0 unspecified atom stereocenters. The van der Waals surface area contributed by atoms with Crippen LogP contribution in [0.3, 0.4) is 0 Å². The summed E-state index contributed by atoms with van der Waals surface area (Å²) in [4.78, 5) is 28.1. The van der Waals surface area contributed by atoms with Gasteiger partial charge >= 0.3 is 11.9 Å². The fraction of sp³-hybridized carbons (Fsp3) is 0.320. The minimum Gasteiger partial charge on any atom is -0.496 e. The highest BCUT2D eigenvalue weighted by Crippen LogP contribution is 2.33. The summed E-state index contributed by atoms with van der Waals surface area (Å²) in [6.45, 7) is 2.72. The van der Waals surface area contributed by atoms with E-state index in [4.69, 9.17) is 14.2 Å². The van der Waals surface area contributed by atoms with Crippen LogP contribution < -0.4 is 4.74 Å². The molecule has 0 saturated carbocycles. The van der Waals surface area contributed by atoms with E-state index in [1.54, 1.807) is 19.2 Å². The van der Waals surface area contributed by atoms with E-state index in [2.05, 4.69) is 10.00 Å². The maximum absolute atomic E-state index is 12.9. The first-order chi connectivity index (χ1) is 16.6. The third-order valence-electron chi connectivity index (χ3n) is 5.71. The van der Waals surface area contributed by atoms with Crippen LogP contribution in [0.4, 0.5) is 0 Å². The van der Waals surface area contributed by atoms with Crippen molar-refractivity contribution in [2.75, 3.05) is 45.9 Å². The number of hydrogen-bond acceptors (Lipinski definition) is 8. The van der Waals surface area contributed by atoms with Crippen molar-refractivity contribution in [1.82, 2.24) is 14.7 Å². The van der Waals surface area contributed by atoms with Crippen LogP contribution in [0, 0.1) is 0 Å². The molecule has 178 valence electrons. The number of hydrogen-bond donors (Lipinski definition) is 0. The van der Waals surface area contributed by atoms with Gasteiger partial charge in [-0.15, -0.1) is 0 Å². The number of para-hydroxylation sites is 1. The SMILES string of the molecule is COC(=O)c1c(-c2ccc(OC)c(CN3CCSCC3)c2)nn(-c2ccccc2)c1C(=O)OC. The molecule has 4 rings (SSSR count). The van der Waals surface area contributed by atoms with Crippen LogP contribution in [0.1, 0.15) is 26.4 Å². The van der Waals surface area contributed by atoms with Gasteiger partial charge in [0.2, 0.25) is 0 Å². The zero-order valence-electron chi connectivity index (χ0n) is 19.4. The summed E-state index contributed by atoms with van der Waals surface area (Å²) in [5.74, 6) is 1.61. The monoisotopic (exact) mass is 481 g/mol. The Kier molecular flexibility index (Phi) is 7.54. The van der Waals surface area contributed by atoms with E-state index in [1.807, 2.05) is 48.2 Å². The van der Waals surface area contributed by atoms with Gasteiger partial charge in [0.1, 0.15) is 17.0 Å². The van der Waals surface area contributed by atoms with Crippen molar-refractivity contribution in [1.29, 1.82) is 0 Å². The molecule has 2 aromatic carbocycles. The van der Waals surface area contributed by atoms with Crippen molar-refractivity contribution in [3.63, 3.8) is 0 Å². The third-order valence-corrected chi connectivity index (χ3v) is 6.65. The number of methoxy groups -OCH3 is 3. The quantitative estimate of drug-likeness (QED) is 0.473. The number of ether oxygens (including phenoxy) is 3. The Morgan fingerprint density at radius 3 is 2.32 bits per heavy atom. The molecule has 8 nitrogen and oxygen atoms in total. The lowest BCUT2D eigenvalue weighted by Gasteiger charge is -2.27. The first-order valence-corrected chi connectivity index (χ1v) is 12.0.